The highest BCUT2D eigenvalue weighted by Gasteiger charge is 2.18. The van der Waals surface area contributed by atoms with Gasteiger partial charge in [-0.1, -0.05) is 23.7 Å². The summed E-state index contributed by atoms with van der Waals surface area (Å²) in [5, 5.41) is 20.7. The molecule has 0 aliphatic heterocycles. The molecule has 3 aromatic rings. The van der Waals surface area contributed by atoms with E-state index < -0.39 is 10.7 Å². The van der Waals surface area contributed by atoms with Crippen LogP contribution in [0.5, 0.6) is 0 Å². The molecule has 0 saturated carbocycles. The Morgan fingerprint density at radius 1 is 1.19 bits per heavy atom. The Hall–Kier alpha value is -3.50. The number of nitrogen functional groups attached to an aromatic ring is 1. The fraction of sp³-hybridized carbons (Fsp3) is 0. The van der Waals surface area contributed by atoms with Crippen molar-refractivity contribution in [1.29, 1.82) is 5.26 Å². The van der Waals surface area contributed by atoms with Crippen LogP contribution in [-0.4, -0.2) is 9.91 Å². The molecule has 0 bridgehead atoms. The van der Waals surface area contributed by atoms with E-state index in [0.717, 1.165) is 0 Å². The van der Waals surface area contributed by atoms with E-state index in [0.29, 0.717) is 11.3 Å². The first-order valence-corrected chi connectivity index (χ1v) is 7.69. The number of aromatic nitrogens is 1. The number of anilines is 1. The molecule has 128 valence electrons. The lowest BCUT2D eigenvalue weighted by Gasteiger charge is -2.11. The molecule has 0 aliphatic carbocycles. The quantitative estimate of drug-likeness (QED) is 0.538. The second kappa shape index (κ2) is 6.78. The molecule has 3 rings (SSSR count). The van der Waals surface area contributed by atoms with Crippen LogP contribution in [0, 0.1) is 27.3 Å². The number of nitro groups is 1. The molecule has 0 aliphatic rings. The highest BCUT2D eigenvalue weighted by Crippen LogP contribution is 2.37. The minimum Gasteiger partial charge on any atom is -0.383 e. The van der Waals surface area contributed by atoms with Crippen LogP contribution < -0.4 is 5.73 Å². The van der Waals surface area contributed by atoms with Crippen molar-refractivity contribution in [1.82, 2.24) is 4.98 Å². The molecule has 0 spiro atoms. The lowest BCUT2D eigenvalue weighted by molar-refractivity contribution is -0.384. The van der Waals surface area contributed by atoms with E-state index in [1.807, 2.05) is 6.07 Å². The molecule has 1 aromatic heterocycles. The summed E-state index contributed by atoms with van der Waals surface area (Å²) < 4.78 is 13.5. The highest BCUT2D eigenvalue weighted by atomic mass is 35.5. The Bertz CT molecular complexity index is 1080. The summed E-state index contributed by atoms with van der Waals surface area (Å²) in [6.07, 6.45) is 0. The lowest BCUT2D eigenvalue weighted by atomic mass is 9.98. The third kappa shape index (κ3) is 3.18. The summed E-state index contributed by atoms with van der Waals surface area (Å²) in [6, 6.07) is 13.0. The highest BCUT2D eigenvalue weighted by molar-refractivity contribution is 6.33. The third-order valence-electron chi connectivity index (χ3n) is 3.73. The SMILES string of the molecule is N#Cc1c(-c2cc([N+](=O)[O-])ccc2Cl)cc(-c2cccc(F)c2)nc1N. The van der Waals surface area contributed by atoms with Crippen LogP contribution in [0.15, 0.2) is 48.5 Å². The summed E-state index contributed by atoms with van der Waals surface area (Å²) >= 11 is 6.19. The van der Waals surface area contributed by atoms with Gasteiger partial charge in [-0.3, -0.25) is 10.1 Å². The maximum atomic E-state index is 13.5. The van der Waals surface area contributed by atoms with Crippen molar-refractivity contribution < 1.29 is 9.31 Å². The molecule has 2 aromatic carbocycles. The molecule has 0 saturated heterocycles. The average molecular weight is 369 g/mol. The molecule has 26 heavy (non-hydrogen) atoms. The number of nitriles is 1. The predicted molar refractivity (Wildman–Crippen MR) is 95.9 cm³/mol. The van der Waals surface area contributed by atoms with E-state index >= 15 is 0 Å². The van der Waals surface area contributed by atoms with Gasteiger partial charge in [-0.25, -0.2) is 9.37 Å². The monoisotopic (exact) mass is 368 g/mol. The fourth-order valence-corrected chi connectivity index (χ4v) is 2.74. The second-order valence-corrected chi connectivity index (χ2v) is 5.77. The summed E-state index contributed by atoms with van der Waals surface area (Å²) in [5.74, 6) is -0.533. The minimum atomic E-state index is -0.566. The number of hydrogen-bond donors (Lipinski definition) is 1. The molecule has 0 amide bonds. The van der Waals surface area contributed by atoms with Gasteiger partial charge < -0.3 is 5.73 Å². The van der Waals surface area contributed by atoms with Crippen molar-refractivity contribution in [3.8, 4) is 28.5 Å². The Labute approximate surface area is 152 Å². The largest absolute Gasteiger partial charge is 0.383 e. The molecule has 1 heterocycles. The predicted octanol–water partition coefficient (Wildman–Crippen LogP) is 4.57. The normalized spacial score (nSPS) is 10.3. The van der Waals surface area contributed by atoms with Crippen LogP contribution in [0.1, 0.15) is 5.56 Å². The van der Waals surface area contributed by atoms with E-state index in [4.69, 9.17) is 17.3 Å². The Morgan fingerprint density at radius 2 is 1.96 bits per heavy atom. The van der Waals surface area contributed by atoms with Gasteiger partial charge in [0.1, 0.15) is 23.3 Å². The summed E-state index contributed by atoms with van der Waals surface area (Å²) in [6.45, 7) is 0. The average Bonchev–Trinajstić information content (AvgIpc) is 2.61. The van der Waals surface area contributed by atoms with E-state index in [1.54, 1.807) is 6.07 Å². The minimum absolute atomic E-state index is 0.0348. The van der Waals surface area contributed by atoms with E-state index in [1.165, 1.54) is 42.5 Å². The third-order valence-corrected chi connectivity index (χ3v) is 4.06. The van der Waals surface area contributed by atoms with Gasteiger partial charge >= 0.3 is 0 Å². The number of non-ortho nitro benzene ring substituents is 1. The molecule has 0 radical (unpaired) electrons. The Morgan fingerprint density at radius 3 is 2.62 bits per heavy atom. The van der Waals surface area contributed by atoms with Crippen LogP contribution in [0.2, 0.25) is 5.02 Å². The Kier molecular flexibility index (Phi) is 4.52. The van der Waals surface area contributed by atoms with E-state index in [-0.39, 0.29) is 33.2 Å². The maximum absolute atomic E-state index is 13.5. The zero-order valence-electron chi connectivity index (χ0n) is 13.1. The van der Waals surface area contributed by atoms with Gasteiger partial charge in [-0.2, -0.15) is 5.26 Å². The maximum Gasteiger partial charge on any atom is 0.270 e. The number of benzene rings is 2. The first-order valence-electron chi connectivity index (χ1n) is 7.31. The van der Waals surface area contributed by atoms with Crippen molar-refractivity contribution in [2.24, 2.45) is 0 Å². The number of pyridine rings is 1. The molecular formula is C18H10ClFN4O2. The second-order valence-electron chi connectivity index (χ2n) is 5.36. The van der Waals surface area contributed by atoms with Crippen LogP contribution in [-0.2, 0) is 0 Å². The number of rotatable bonds is 3. The molecule has 6 nitrogen and oxygen atoms in total. The summed E-state index contributed by atoms with van der Waals surface area (Å²) in [5.41, 5.74) is 7.06. The first-order chi connectivity index (χ1) is 12.4. The zero-order chi connectivity index (χ0) is 18.8. The standard InChI is InChI=1S/C18H10ClFN4O2/c19-16-5-4-12(24(25)26)7-14(16)13-8-17(23-18(22)15(13)9-21)10-2-1-3-11(20)6-10/h1-8H,(H2,22,23). The van der Waals surface area contributed by atoms with Gasteiger partial charge in [0.25, 0.3) is 5.69 Å². The van der Waals surface area contributed by atoms with Crippen LogP contribution in [0.3, 0.4) is 0 Å². The summed E-state index contributed by atoms with van der Waals surface area (Å²) in [7, 11) is 0. The fourth-order valence-electron chi connectivity index (χ4n) is 2.52. The number of hydrogen-bond acceptors (Lipinski definition) is 5. The van der Waals surface area contributed by atoms with Gasteiger partial charge in [0.05, 0.1) is 10.6 Å². The van der Waals surface area contributed by atoms with Crippen molar-refractivity contribution in [3.05, 3.63) is 75.0 Å². The van der Waals surface area contributed by atoms with Crippen molar-refractivity contribution in [2.45, 2.75) is 0 Å². The Balaban J connectivity index is 2.29. The van der Waals surface area contributed by atoms with Gasteiger partial charge in [0.15, 0.2) is 0 Å². The lowest BCUT2D eigenvalue weighted by Crippen LogP contribution is -2.00. The van der Waals surface area contributed by atoms with E-state index in [2.05, 4.69) is 4.98 Å². The number of nitrogens with zero attached hydrogens (tertiary/aromatic N) is 3. The number of nitrogens with two attached hydrogens (primary N) is 1. The molecule has 2 N–H and O–H groups in total. The molecule has 0 fully saturated rings. The van der Waals surface area contributed by atoms with E-state index in [9.17, 15) is 19.8 Å². The number of nitro benzene ring substituents is 1. The topological polar surface area (TPSA) is 106 Å². The molecule has 8 heteroatoms. The first kappa shape index (κ1) is 17.3. The molecular weight excluding hydrogens is 359 g/mol. The number of halogens is 2. The van der Waals surface area contributed by atoms with Gasteiger partial charge in [-0.05, 0) is 24.3 Å². The van der Waals surface area contributed by atoms with Crippen molar-refractivity contribution in [2.75, 3.05) is 5.73 Å². The van der Waals surface area contributed by atoms with Crippen LogP contribution >= 0.6 is 11.6 Å². The zero-order valence-corrected chi connectivity index (χ0v) is 13.9. The van der Waals surface area contributed by atoms with Crippen molar-refractivity contribution in [3.63, 3.8) is 0 Å². The summed E-state index contributed by atoms with van der Waals surface area (Å²) in [4.78, 5) is 14.6. The van der Waals surface area contributed by atoms with Crippen LogP contribution in [0.25, 0.3) is 22.4 Å². The van der Waals surface area contributed by atoms with Crippen molar-refractivity contribution >= 4 is 23.1 Å². The molecule has 0 atom stereocenters. The molecule has 0 unspecified atom stereocenters. The van der Waals surface area contributed by atoms with Crippen LogP contribution in [0.4, 0.5) is 15.9 Å². The smallest absolute Gasteiger partial charge is 0.270 e. The van der Waals surface area contributed by atoms with Gasteiger partial charge in [0, 0.05) is 33.8 Å². The van der Waals surface area contributed by atoms with Gasteiger partial charge in [0.2, 0.25) is 0 Å². The van der Waals surface area contributed by atoms with Gasteiger partial charge in [-0.15, -0.1) is 0 Å².